The molecule has 24 fully saturated rings. The first-order valence-electron chi connectivity index (χ1n) is 44.1. The van der Waals surface area contributed by atoms with E-state index in [1.54, 1.807) is 295 Å². The molecule has 24 aliphatic rings. The first-order valence-corrected chi connectivity index (χ1v) is 44.1. The molecule has 24 saturated carbocycles. The molecule has 0 N–H and O–H groups in total. The average Bonchev–Trinajstić information content (AvgIpc) is 0.848. The third kappa shape index (κ3) is 7.04. The molecule has 40 atom stereocenters. The Balaban J connectivity index is 0.689. The predicted octanol–water partition coefficient (Wildman–Crippen LogP) is 23.5. The summed E-state index contributed by atoms with van der Waals surface area (Å²) in [7, 11) is 0. The third-order valence-electron chi connectivity index (χ3n) is 42.3. The van der Waals surface area contributed by atoms with Gasteiger partial charge in [-0.05, 0) is 370 Å². The molecule has 17 bridgehead atoms. The molecule has 0 nitrogen and oxygen atoms in total. The molecule has 4 spiro atoms. The molecule has 0 amide bonds. The van der Waals surface area contributed by atoms with E-state index in [9.17, 15) is 0 Å². The molecule has 0 aromatic rings. The molecule has 0 aromatic carbocycles. The fraction of sp³-hybridized carbons (Fsp3) is 1.00. The molecule has 0 heterocycles. The van der Waals surface area contributed by atoms with Gasteiger partial charge in [0.05, 0.1) is 0 Å². The Hall–Kier alpha value is 0. The Labute approximate surface area is 546 Å². The van der Waals surface area contributed by atoms with Gasteiger partial charge >= 0.3 is 0 Å². The van der Waals surface area contributed by atoms with E-state index in [1.807, 2.05) is 19.3 Å². The van der Waals surface area contributed by atoms with Crippen molar-refractivity contribution in [1.82, 2.24) is 0 Å². The van der Waals surface area contributed by atoms with Crippen LogP contribution in [0.4, 0.5) is 0 Å². The van der Waals surface area contributed by atoms with Crippen LogP contribution in [0.3, 0.4) is 0 Å². The Bertz CT molecular complexity index is 2710. The summed E-state index contributed by atoms with van der Waals surface area (Å²) in [4.78, 5) is 0. The van der Waals surface area contributed by atoms with E-state index < -0.39 is 0 Å². The zero-order valence-corrected chi connectivity index (χ0v) is 57.4. The van der Waals surface area contributed by atoms with Crippen molar-refractivity contribution in [3.05, 3.63) is 0 Å². The van der Waals surface area contributed by atoms with Gasteiger partial charge in [0.15, 0.2) is 0 Å². The van der Waals surface area contributed by atoms with Gasteiger partial charge in [0.1, 0.15) is 0 Å². The van der Waals surface area contributed by atoms with Crippen LogP contribution in [0, 0.1) is 235 Å². The van der Waals surface area contributed by atoms with Crippen molar-refractivity contribution in [3.8, 4) is 0 Å². The van der Waals surface area contributed by atoms with E-state index in [0.717, 1.165) is 123 Å². The van der Waals surface area contributed by atoms with Crippen LogP contribution in [0.5, 0.6) is 0 Å². The average molecular weight is 1200 g/mol. The highest BCUT2D eigenvalue weighted by atomic mass is 15.0. The van der Waals surface area contributed by atoms with Gasteiger partial charge in [-0.15, -0.1) is 0 Å². The molecule has 0 heteroatoms. The minimum atomic E-state index is 0.684. The first-order chi connectivity index (χ1) is 44.1. The molecule has 0 aromatic heterocycles. The zero-order valence-electron chi connectivity index (χ0n) is 57.4. The van der Waals surface area contributed by atoms with Gasteiger partial charge in [-0.25, -0.2) is 0 Å². The van der Waals surface area contributed by atoms with Crippen molar-refractivity contribution < 1.29 is 0 Å². The second-order valence-electron chi connectivity index (χ2n) is 42.6. The summed E-state index contributed by atoms with van der Waals surface area (Å²) >= 11 is 0. The lowest BCUT2D eigenvalue weighted by atomic mass is 9.02. The highest BCUT2D eigenvalue weighted by Crippen LogP contribution is 3.03. The summed E-state index contributed by atoms with van der Waals surface area (Å²) in [6.07, 6.45) is 81.3. The lowest BCUT2D eigenvalue weighted by Crippen LogP contribution is -2.98. The molecule has 0 radical (unpaired) electrons. The van der Waals surface area contributed by atoms with Crippen LogP contribution in [0.2, 0.25) is 0 Å². The van der Waals surface area contributed by atoms with Crippen LogP contribution in [0.1, 0.15) is 315 Å². The van der Waals surface area contributed by atoms with Crippen molar-refractivity contribution in [2.45, 2.75) is 315 Å². The molecule has 24 aliphatic carbocycles. The normalized spacial score (nSPS) is 65.5. The van der Waals surface area contributed by atoms with E-state index >= 15 is 0 Å². The molecule has 40 unspecified atom stereocenters. The van der Waals surface area contributed by atoms with Gasteiger partial charge in [0.2, 0.25) is 0 Å². The van der Waals surface area contributed by atoms with Crippen LogP contribution in [0.25, 0.3) is 0 Å². The van der Waals surface area contributed by atoms with Crippen LogP contribution >= 0.6 is 0 Å². The Kier molecular flexibility index (Phi) is 12.8. The second kappa shape index (κ2) is 20.3. The molecule has 24 rings (SSSR count). The summed E-state index contributed by atoms with van der Waals surface area (Å²) in [5, 5.41) is 0. The van der Waals surface area contributed by atoms with Gasteiger partial charge < -0.3 is 0 Å². The van der Waals surface area contributed by atoms with Crippen molar-refractivity contribution in [1.29, 1.82) is 0 Å². The SMILES string of the molecule is C1CCCCCC2CCCCCCCCC34CCC(CCCCC1)C1CCC3C3C1CC1C5CCCC6CC7CCC8CCCCC9CCCC8CCC7CC67CC68C(CC7C5)C(CC13)C6(CC4)C1C3C4C5C6C7C%10C%11C(CC2)C(C9)C%11C%10C7C6C5C4C3C18. The van der Waals surface area contributed by atoms with E-state index in [2.05, 4.69) is 0 Å². The molecule has 89 heavy (non-hydrogen) atoms. The highest BCUT2D eigenvalue weighted by molar-refractivity contribution is 5.46. The monoisotopic (exact) mass is 1200 g/mol. The summed E-state index contributed by atoms with van der Waals surface area (Å²) < 4.78 is 0. The first kappa shape index (κ1) is 55.9. The number of hydrogen-bond acceptors (Lipinski definition) is 0. The Morgan fingerprint density at radius 3 is 1.52 bits per heavy atom. The number of hydrogen-bond donors (Lipinski definition) is 0. The van der Waals surface area contributed by atoms with Gasteiger partial charge in [-0.1, -0.05) is 180 Å². The summed E-state index contributed by atoms with van der Waals surface area (Å²) in [5.41, 5.74) is 2.99. The minimum Gasteiger partial charge on any atom is -0.0533 e. The van der Waals surface area contributed by atoms with Gasteiger partial charge in [0.25, 0.3) is 0 Å². The predicted molar refractivity (Wildman–Crippen MR) is 362 cm³/mol. The van der Waals surface area contributed by atoms with Crippen molar-refractivity contribution >= 4 is 0 Å². The maximum absolute atomic E-state index is 1.87. The number of fused-ring (bicyclic) bond motifs is 17. The smallest absolute Gasteiger partial charge is 0.0165 e. The molecule has 490 valence electrons. The largest absolute Gasteiger partial charge is 0.0533 e. The van der Waals surface area contributed by atoms with Crippen molar-refractivity contribution in [2.75, 3.05) is 0 Å². The highest BCUT2D eigenvalue weighted by Gasteiger charge is 2.99. The maximum atomic E-state index is 1.87. The quantitative estimate of drug-likeness (QED) is 0.227. The zero-order chi connectivity index (χ0) is 57.4. The Morgan fingerprint density at radius 2 is 0.742 bits per heavy atom. The van der Waals surface area contributed by atoms with Gasteiger partial charge in [-0.3, -0.25) is 0 Å². The van der Waals surface area contributed by atoms with Crippen molar-refractivity contribution in [3.63, 3.8) is 0 Å². The van der Waals surface area contributed by atoms with E-state index in [-0.39, 0.29) is 0 Å². The molecular formula is C89H134. The van der Waals surface area contributed by atoms with Crippen LogP contribution in [-0.2, 0) is 0 Å². The third-order valence-corrected chi connectivity index (χ3v) is 42.3. The minimum absolute atomic E-state index is 0.684. The van der Waals surface area contributed by atoms with E-state index in [4.69, 9.17) is 0 Å². The number of rotatable bonds is 0. The Morgan fingerprint density at radius 1 is 0.213 bits per heavy atom. The fourth-order valence-electron chi connectivity index (χ4n) is 40.2. The van der Waals surface area contributed by atoms with E-state index in [1.165, 1.54) is 107 Å². The standard InChI is InChI=1S/C89H134/c1-2-4-8-12-20-50-21-13-9-6-7-11-17-38-86-39-37-54(25-14-10-5-3-1)60-35-36-66(86)69-64(60)46-62-56-27-19-28-58-43-55-32-30-52-24-16-15-22-51-23-18-26-53(52)31-33-57(55)48-87(58)49-89-67(45-59(87)44-56)68(47-65(62)69)88(89,41-40-86)84-82-80-78-76-74-72-70-61(34-29-50)63(42-51)71(70)73(72)75(74)77(76)79(78)81(80)83(82)85(84)89/h50-85H,1-49H2. The summed E-state index contributed by atoms with van der Waals surface area (Å²) in [5.74, 6) is 42.3. The van der Waals surface area contributed by atoms with Gasteiger partial charge in [-0.2, -0.15) is 0 Å². The van der Waals surface area contributed by atoms with Crippen LogP contribution in [0.15, 0.2) is 0 Å². The van der Waals surface area contributed by atoms with Crippen LogP contribution < -0.4 is 0 Å². The lowest BCUT2D eigenvalue weighted by molar-refractivity contribution is -0.552. The lowest BCUT2D eigenvalue weighted by Gasteiger charge is -3.02. The summed E-state index contributed by atoms with van der Waals surface area (Å²) in [6, 6.07) is 0. The molecule has 0 saturated heterocycles. The van der Waals surface area contributed by atoms with Crippen LogP contribution in [-0.4, -0.2) is 0 Å². The topological polar surface area (TPSA) is 0 Å². The molecule has 0 aliphatic heterocycles. The molecular weight excluding hydrogens is 1070 g/mol. The maximum Gasteiger partial charge on any atom is -0.0165 e. The van der Waals surface area contributed by atoms with Crippen molar-refractivity contribution in [2.24, 2.45) is 235 Å². The second-order valence-corrected chi connectivity index (χ2v) is 42.6. The van der Waals surface area contributed by atoms with E-state index in [0.29, 0.717) is 5.41 Å². The summed E-state index contributed by atoms with van der Waals surface area (Å²) in [6.45, 7) is 0. The fourth-order valence-corrected chi connectivity index (χ4v) is 40.2. The van der Waals surface area contributed by atoms with Gasteiger partial charge in [0, 0.05) is 0 Å².